The number of hydrogen-bond donors (Lipinski definition) is 1. The van der Waals surface area contributed by atoms with Gasteiger partial charge in [0.15, 0.2) is 0 Å². The molecule has 0 radical (unpaired) electrons. The van der Waals surface area contributed by atoms with Crippen LogP contribution in [0.4, 0.5) is 13.2 Å². The first kappa shape index (κ1) is 11.5. The molecular formula is C9H12F3NS. The zero-order valence-corrected chi connectivity index (χ0v) is 8.80. The van der Waals surface area contributed by atoms with Crippen LogP contribution in [0.25, 0.3) is 0 Å². The molecule has 2 N–H and O–H groups in total. The average Bonchev–Trinajstić information content (AvgIpc) is 2.51. The van der Waals surface area contributed by atoms with Crippen molar-refractivity contribution in [2.24, 2.45) is 5.73 Å². The van der Waals surface area contributed by atoms with Crippen LogP contribution < -0.4 is 5.73 Å². The standard InChI is InChI=1S/C9H12F3NS/c1-8(2,5-13)6-3-4-7(14-6)9(10,11)12/h3-4H,5,13H2,1-2H3. The number of thiophene rings is 1. The number of alkyl halides is 3. The fourth-order valence-electron chi connectivity index (χ4n) is 0.955. The fraction of sp³-hybridized carbons (Fsp3) is 0.556. The van der Waals surface area contributed by atoms with Gasteiger partial charge in [-0.3, -0.25) is 0 Å². The molecule has 0 amide bonds. The summed E-state index contributed by atoms with van der Waals surface area (Å²) in [7, 11) is 0. The summed E-state index contributed by atoms with van der Waals surface area (Å²) in [5.41, 5.74) is 5.10. The highest BCUT2D eigenvalue weighted by molar-refractivity contribution is 7.12. The third kappa shape index (κ3) is 2.27. The van der Waals surface area contributed by atoms with Gasteiger partial charge in [0, 0.05) is 16.8 Å². The molecule has 0 spiro atoms. The van der Waals surface area contributed by atoms with Gasteiger partial charge in [-0.05, 0) is 12.1 Å². The van der Waals surface area contributed by atoms with Gasteiger partial charge in [0.25, 0.3) is 0 Å². The topological polar surface area (TPSA) is 26.0 Å². The van der Waals surface area contributed by atoms with Crippen LogP contribution in [0.2, 0.25) is 0 Å². The Morgan fingerprint density at radius 3 is 2.07 bits per heavy atom. The molecule has 0 aliphatic carbocycles. The lowest BCUT2D eigenvalue weighted by Gasteiger charge is -2.20. The number of hydrogen-bond acceptors (Lipinski definition) is 2. The molecule has 14 heavy (non-hydrogen) atoms. The van der Waals surface area contributed by atoms with Crippen LogP contribution in [0.15, 0.2) is 12.1 Å². The van der Waals surface area contributed by atoms with Crippen molar-refractivity contribution < 1.29 is 13.2 Å². The highest BCUT2D eigenvalue weighted by atomic mass is 32.1. The molecule has 0 atom stereocenters. The maximum atomic E-state index is 12.3. The minimum Gasteiger partial charge on any atom is -0.330 e. The first-order valence-electron chi connectivity index (χ1n) is 4.15. The summed E-state index contributed by atoms with van der Waals surface area (Å²) in [6.07, 6.45) is -4.24. The maximum Gasteiger partial charge on any atom is 0.425 e. The van der Waals surface area contributed by atoms with Crippen molar-refractivity contribution in [1.82, 2.24) is 0 Å². The second kappa shape index (κ2) is 3.55. The monoisotopic (exact) mass is 223 g/mol. The fourth-order valence-corrected chi connectivity index (χ4v) is 1.94. The van der Waals surface area contributed by atoms with Gasteiger partial charge in [-0.15, -0.1) is 11.3 Å². The Labute approximate surface area is 84.7 Å². The van der Waals surface area contributed by atoms with Crippen LogP contribution in [0.1, 0.15) is 23.6 Å². The SMILES string of the molecule is CC(C)(CN)c1ccc(C(F)(F)F)s1. The normalized spacial score (nSPS) is 13.3. The van der Waals surface area contributed by atoms with Crippen LogP contribution in [0.5, 0.6) is 0 Å². The molecule has 0 bridgehead atoms. The van der Waals surface area contributed by atoms with Crippen molar-refractivity contribution in [2.45, 2.75) is 25.4 Å². The van der Waals surface area contributed by atoms with Crippen LogP contribution in [-0.4, -0.2) is 6.54 Å². The van der Waals surface area contributed by atoms with Crippen molar-refractivity contribution in [1.29, 1.82) is 0 Å². The first-order valence-corrected chi connectivity index (χ1v) is 4.96. The lowest BCUT2D eigenvalue weighted by molar-refractivity contribution is -0.134. The Hall–Kier alpha value is -0.550. The number of rotatable bonds is 2. The van der Waals surface area contributed by atoms with Crippen molar-refractivity contribution in [2.75, 3.05) is 6.54 Å². The lowest BCUT2D eigenvalue weighted by atomic mass is 9.92. The molecule has 0 saturated carbocycles. The van der Waals surface area contributed by atoms with Gasteiger partial charge in [0.05, 0.1) is 0 Å². The number of nitrogens with two attached hydrogens (primary N) is 1. The molecule has 1 rings (SSSR count). The Bertz CT molecular complexity index is 314. The van der Waals surface area contributed by atoms with E-state index in [2.05, 4.69) is 0 Å². The van der Waals surface area contributed by atoms with Gasteiger partial charge in [0.2, 0.25) is 0 Å². The van der Waals surface area contributed by atoms with Crippen molar-refractivity contribution in [3.05, 3.63) is 21.9 Å². The Kier molecular flexibility index (Phi) is 2.92. The molecule has 1 nitrogen and oxygen atoms in total. The van der Waals surface area contributed by atoms with Crippen LogP contribution in [0, 0.1) is 0 Å². The molecular weight excluding hydrogens is 211 g/mol. The van der Waals surface area contributed by atoms with Gasteiger partial charge in [-0.1, -0.05) is 13.8 Å². The highest BCUT2D eigenvalue weighted by Gasteiger charge is 2.34. The van der Waals surface area contributed by atoms with Gasteiger partial charge >= 0.3 is 6.18 Å². The van der Waals surface area contributed by atoms with Crippen molar-refractivity contribution in [3.63, 3.8) is 0 Å². The van der Waals surface area contributed by atoms with E-state index in [0.717, 1.165) is 17.4 Å². The summed E-state index contributed by atoms with van der Waals surface area (Å²) in [5, 5.41) is 0. The smallest absolute Gasteiger partial charge is 0.330 e. The summed E-state index contributed by atoms with van der Waals surface area (Å²) in [4.78, 5) is 0.112. The number of halogens is 3. The van der Waals surface area contributed by atoms with E-state index >= 15 is 0 Å². The predicted molar refractivity (Wildman–Crippen MR) is 51.4 cm³/mol. The van der Waals surface area contributed by atoms with Crippen LogP contribution >= 0.6 is 11.3 Å². The van der Waals surface area contributed by atoms with E-state index in [1.807, 2.05) is 13.8 Å². The van der Waals surface area contributed by atoms with Crippen LogP contribution in [0.3, 0.4) is 0 Å². The van der Waals surface area contributed by atoms with Crippen molar-refractivity contribution >= 4 is 11.3 Å². The zero-order valence-electron chi connectivity index (χ0n) is 7.98. The predicted octanol–water partition coefficient (Wildman–Crippen LogP) is 3.00. The summed E-state index contributed by atoms with van der Waals surface area (Å²) < 4.78 is 36.8. The third-order valence-corrected chi connectivity index (χ3v) is 3.56. The minimum absolute atomic E-state index is 0.338. The summed E-state index contributed by atoms with van der Waals surface area (Å²) >= 11 is 0.766. The van der Waals surface area contributed by atoms with Gasteiger partial charge in [-0.25, -0.2) is 0 Å². The summed E-state index contributed by atoms with van der Waals surface area (Å²) in [6, 6.07) is 2.61. The summed E-state index contributed by atoms with van der Waals surface area (Å²) in [6.45, 7) is 4.00. The molecule has 0 aliphatic rings. The lowest BCUT2D eigenvalue weighted by Crippen LogP contribution is -2.26. The molecule has 0 saturated heterocycles. The van der Waals surface area contributed by atoms with E-state index in [1.165, 1.54) is 6.07 Å². The molecule has 80 valence electrons. The second-order valence-electron chi connectivity index (χ2n) is 3.75. The Morgan fingerprint density at radius 2 is 1.71 bits per heavy atom. The minimum atomic E-state index is -4.24. The molecule has 1 aromatic heterocycles. The van der Waals surface area contributed by atoms with Gasteiger partial charge < -0.3 is 5.73 Å². The van der Waals surface area contributed by atoms with E-state index in [0.29, 0.717) is 11.4 Å². The quantitative estimate of drug-likeness (QED) is 0.819. The van der Waals surface area contributed by atoms with E-state index in [4.69, 9.17) is 5.73 Å². The summed E-state index contributed by atoms with van der Waals surface area (Å²) in [5.74, 6) is 0. The van der Waals surface area contributed by atoms with Gasteiger partial charge in [0.1, 0.15) is 4.88 Å². The zero-order chi connectivity index (χ0) is 11.0. The molecule has 5 heteroatoms. The largest absolute Gasteiger partial charge is 0.425 e. The Morgan fingerprint density at radius 1 is 1.21 bits per heavy atom. The van der Waals surface area contributed by atoms with E-state index in [9.17, 15) is 13.2 Å². The molecule has 1 aromatic rings. The molecule has 0 aliphatic heterocycles. The average molecular weight is 223 g/mol. The van der Waals surface area contributed by atoms with Crippen molar-refractivity contribution in [3.8, 4) is 0 Å². The van der Waals surface area contributed by atoms with E-state index in [1.54, 1.807) is 0 Å². The Balaban J connectivity index is 3.00. The van der Waals surface area contributed by atoms with E-state index < -0.39 is 11.1 Å². The molecule has 0 unspecified atom stereocenters. The maximum absolute atomic E-state index is 12.3. The molecule has 1 heterocycles. The van der Waals surface area contributed by atoms with Gasteiger partial charge in [-0.2, -0.15) is 13.2 Å². The molecule has 0 aromatic carbocycles. The second-order valence-corrected chi connectivity index (χ2v) is 4.83. The highest BCUT2D eigenvalue weighted by Crippen LogP contribution is 2.38. The van der Waals surface area contributed by atoms with E-state index in [-0.39, 0.29) is 5.41 Å². The van der Waals surface area contributed by atoms with Crippen LogP contribution in [-0.2, 0) is 11.6 Å². The first-order chi connectivity index (χ1) is 6.27. The third-order valence-electron chi connectivity index (χ3n) is 2.06. The molecule has 0 fully saturated rings.